The largest absolute Gasteiger partial charge is 0.379 e. The fraction of sp³-hybridized carbons (Fsp3) is 0.302. The second-order valence-electron chi connectivity index (χ2n) is 14.7. The Morgan fingerprint density at radius 1 is 0.900 bits per heavy atom. The Morgan fingerprint density at radius 2 is 1.70 bits per heavy atom. The summed E-state index contributed by atoms with van der Waals surface area (Å²) in [6.45, 7) is 8.05. The van der Waals surface area contributed by atoms with Crippen LogP contribution in [0.15, 0.2) is 118 Å². The topological polar surface area (TPSA) is 146 Å². The molecule has 0 spiro atoms. The number of thiophene rings is 1. The standard InChI is InChI=1S/C43H45ClN8O5S3/c44-33-9-7-31(8-10-33)37-5-2-1-4-32(37)28-50-17-19-51(20-18-50)35-11-13-38-40(26-35)45-30-46-43(38)48-60(55,56)36-12-14-39(41(27-36)52(53)54)47-34(29-59-42-6-3-25-58-42)15-16-49-21-23-57-24-22-49/h1-14,25-27,30,34,47H,15-24,28-29H2,(H,45,46,48). The summed E-state index contributed by atoms with van der Waals surface area (Å²) in [5.41, 5.74) is 5.10. The number of halogens is 1. The van der Waals surface area contributed by atoms with E-state index in [1.807, 2.05) is 41.8 Å². The third-order valence-corrected chi connectivity index (χ3v) is 14.7. The molecular formula is C43H45ClN8O5S3. The van der Waals surface area contributed by atoms with Crippen LogP contribution in [-0.2, 0) is 21.3 Å². The van der Waals surface area contributed by atoms with Gasteiger partial charge in [0, 0.05) is 86.3 Å². The van der Waals surface area contributed by atoms with Crippen LogP contribution in [0.25, 0.3) is 22.0 Å². The van der Waals surface area contributed by atoms with Gasteiger partial charge < -0.3 is 15.0 Å². The van der Waals surface area contributed by atoms with Gasteiger partial charge in [0.2, 0.25) is 0 Å². The molecule has 0 amide bonds. The smallest absolute Gasteiger partial charge is 0.293 e. The molecule has 4 aromatic carbocycles. The fourth-order valence-corrected chi connectivity index (χ4v) is 10.6. The van der Waals surface area contributed by atoms with Gasteiger partial charge in [-0.25, -0.2) is 18.4 Å². The zero-order valence-electron chi connectivity index (χ0n) is 32.8. The lowest BCUT2D eigenvalue weighted by molar-refractivity contribution is -0.384. The summed E-state index contributed by atoms with van der Waals surface area (Å²) in [7, 11) is -4.27. The molecule has 2 N–H and O–H groups in total. The van der Waals surface area contributed by atoms with E-state index in [1.54, 1.807) is 23.1 Å². The van der Waals surface area contributed by atoms with E-state index in [-0.39, 0.29) is 28.1 Å². The molecule has 0 bridgehead atoms. The first-order valence-electron chi connectivity index (χ1n) is 19.8. The Kier molecular flexibility index (Phi) is 13.5. The van der Waals surface area contributed by atoms with Gasteiger partial charge in [0.15, 0.2) is 5.82 Å². The number of thioether (sulfide) groups is 1. The first-order chi connectivity index (χ1) is 29.2. The SMILES string of the molecule is O=[N+]([O-])c1cc(S(=O)(=O)Nc2ncnc3cc(N4CCN(Cc5ccccc5-c5ccc(Cl)cc5)CC4)ccc23)ccc1NC(CCN1CCOCC1)CSc1cccs1. The quantitative estimate of drug-likeness (QED) is 0.0548. The minimum Gasteiger partial charge on any atom is -0.379 e. The number of nitrogens with one attached hydrogen (secondary N) is 2. The van der Waals surface area contributed by atoms with Crippen LogP contribution < -0.4 is 14.9 Å². The Labute approximate surface area is 362 Å². The molecular weight excluding hydrogens is 840 g/mol. The van der Waals surface area contributed by atoms with Crippen molar-refractivity contribution >= 4 is 78.5 Å². The maximum Gasteiger partial charge on any atom is 0.293 e. The molecule has 1 unspecified atom stereocenters. The number of hydrogen-bond donors (Lipinski definition) is 2. The van der Waals surface area contributed by atoms with Gasteiger partial charge in [-0.05, 0) is 77.0 Å². The lowest BCUT2D eigenvalue weighted by Gasteiger charge is -2.36. The van der Waals surface area contributed by atoms with E-state index in [9.17, 15) is 18.5 Å². The number of nitro groups is 1. The van der Waals surface area contributed by atoms with Gasteiger partial charge in [-0.1, -0.05) is 54.1 Å². The maximum absolute atomic E-state index is 13.8. The summed E-state index contributed by atoms with van der Waals surface area (Å²) in [5, 5.41) is 19.0. The minimum absolute atomic E-state index is 0.0920. The number of rotatable bonds is 16. The molecule has 17 heteroatoms. The lowest BCUT2D eigenvalue weighted by Crippen LogP contribution is -2.46. The number of morpholine rings is 1. The van der Waals surface area contributed by atoms with Crippen molar-refractivity contribution in [1.82, 2.24) is 19.8 Å². The molecule has 2 saturated heterocycles. The van der Waals surface area contributed by atoms with Crippen LogP contribution >= 0.6 is 34.7 Å². The van der Waals surface area contributed by atoms with E-state index >= 15 is 0 Å². The highest BCUT2D eigenvalue weighted by Gasteiger charge is 2.26. The average molecular weight is 886 g/mol. The number of hydrogen-bond acceptors (Lipinski definition) is 13. The van der Waals surface area contributed by atoms with Gasteiger partial charge in [0.05, 0.1) is 32.8 Å². The van der Waals surface area contributed by atoms with Crippen LogP contribution in [0, 0.1) is 10.1 Å². The normalized spacial score (nSPS) is 15.8. The highest BCUT2D eigenvalue weighted by molar-refractivity contribution is 8.01. The zero-order valence-corrected chi connectivity index (χ0v) is 36.0. The van der Waals surface area contributed by atoms with Gasteiger partial charge in [-0.2, -0.15) is 0 Å². The van der Waals surface area contributed by atoms with E-state index < -0.39 is 14.9 Å². The Bertz CT molecular complexity index is 2520. The molecule has 2 aliphatic heterocycles. The van der Waals surface area contributed by atoms with Crippen LogP contribution in [0.1, 0.15) is 12.0 Å². The summed E-state index contributed by atoms with van der Waals surface area (Å²) >= 11 is 9.49. The second-order valence-corrected chi connectivity index (χ2v) is 19.1. The predicted molar refractivity (Wildman–Crippen MR) is 242 cm³/mol. The van der Waals surface area contributed by atoms with Gasteiger partial charge >= 0.3 is 0 Å². The fourth-order valence-electron chi connectivity index (χ4n) is 7.54. The number of fused-ring (bicyclic) bond motifs is 1. The van der Waals surface area contributed by atoms with Crippen LogP contribution in [-0.4, -0.2) is 104 Å². The Balaban J connectivity index is 0.932. The Hall–Kier alpha value is -4.81. The monoisotopic (exact) mass is 884 g/mol. The number of nitro benzene ring substituents is 1. The molecule has 60 heavy (non-hydrogen) atoms. The Morgan fingerprint density at radius 3 is 2.47 bits per heavy atom. The molecule has 6 aromatic rings. The van der Waals surface area contributed by atoms with Crippen LogP contribution in [0.3, 0.4) is 0 Å². The second kappa shape index (κ2) is 19.3. The number of nitrogens with zero attached hydrogens (tertiary/aromatic N) is 6. The van der Waals surface area contributed by atoms with Crippen molar-refractivity contribution in [2.75, 3.05) is 79.7 Å². The molecule has 2 fully saturated rings. The molecule has 2 aliphatic rings. The maximum atomic E-state index is 13.8. The summed E-state index contributed by atoms with van der Waals surface area (Å²) in [5.74, 6) is 0.776. The lowest BCUT2D eigenvalue weighted by atomic mass is 9.99. The predicted octanol–water partition coefficient (Wildman–Crippen LogP) is 8.34. The van der Waals surface area contributed by atoms with E-state index in [0.717, 1.165) is 80.3 Å². The molecule has 4 heterocycles. The third-order valence-electron chi connectivity index (χ3n) is 10.8. The third kappa shape index (κ3) is 10.4. The van der Waals surface area contributed by atoms with Crippen LogP contribution in [0.5, 0.6) is 0 Å². The molecule has 312 valence electrons. The van der Waals surface area contributed by atoms with Crippen LogP contribution in [0.2, 0.25) is 5.02 Å². The first kappa shape index (κ1) is 41.9. The highest BCUT2D eigenvalue weighted by atomic mass is 35.5. The van der Waals surface area contributed by atoms with Gasteiger partial charge in [0.1, 0.15) is 12.0 Å². The van der Waals surface area contributed by atoms with E-state index in [0.29, 0.717) is 34.9 Å². The molecule has 2 aromatic heterocycles. The summed E-state index contributed by atoms with van der Waals surface area (Å²) in [6, 6.07) is 30.0. The summed E-state index contributed by atoms with van der Waals surface area (Å²) < 4.78 is 36.8. The number of ether oxygens (including phenoxy) is 1. The van der Waals surface area contributed by atoms with Gasteiger partial charge in [0.25, 0.3) is 15.7 Å². The number of anilines is 3. The van der Waals surface area contributed by atoms with E-state index in [1.165, 1.54) is 29.6 Å². The van der Waals surface area contributed by atoms with Crippen molar-refractivity contribution in [3.05, 3.63) is 129 Å². The van der Waals surface area contributed by atoms with Crippen molar-refractivity contribution in [3.8, 4) is 11.1 Å². The molecule has 0 aliphatic carbocycles. The van der Waals surface area contributed by atoms with Crippen molar-refractivity contribution in [2.45, 2.75) is 28.1 Å². The summed E-state index contributed by atoms with van der Waals surface area (Å²) in [6.07, 6.45) is 2.07. The van der Waals surface area contributed by atoms with Crippen molar-refractivity contribution in [2.24, 2.45) is 0 Å². The van der Waals surface area contributed by atoms with Crippen LogP contribution in [0.4, 0.5) is 22.9 Å². The number of benzene rings is 4. The minimum atomic E-state index is -4.27. The first-order valence-corrected chi connectivity index (χ1v) is 23.5. The molecule has 0 saturated carbocycles. The molecule has 8 rings (SSSR count). The number of aromatic nitrogens is 2. The van der Waals surface area contributed by atoms with E-state index in [4.69, 9.17) is 16.3 Å². The molecule has 13 nitrogen and oxygen atoms in total. The molecule has 0 radical (unpaired) electrons. The average Bonchev–Trinajstić information content (AvgIpc) is 3.79. The van der Waals surface area contributed by atoms with E-state index in [2.05, 4.69) is 77.2 Å². The van der Waals surface area contributed by atoms with Crippen molar-refractivity contribution in [3.63, 3.8) is 0 Å². The highest BCUT2D eigenvalue weighted by Crippen LogP contribution is 2.33. The van der Waals surface area contributed by atoms with Crippen molar-refractivity contribution < 1.29 is 18.1 Å². The number of piperazine rings is 1. The van der Waals surface area contributed by atoms with Gasteiger partial charge in [-0.3, -0.25) is 24.6 Å². The number of sulfonamides is 1. The summed E-state index contributed by atoms with van der Waals surface area (Å²) in [4.78, 5) is 27.4. The zero-order chi connectivity index (χ0) is 41.5. The molecule has 1 atom stereocenters. The van der Waals surface area contributed by atoms with Gasteiger partial charge in [-0.15, -0.1) is 23.1 Å². The van der Waals surface area contributed by atoms with Crippen molar-refractivity contribution in [1.29, 1.82) is 0 Å².